The number of phenols is 1. The molecule has 0 radical (unpaired) electrons. The molecule has 29 heavy (non-hydrogen) atoms. The van der Waals surface area contributed by atoms with E-state index in [4.69, 9.17) is 4.74 Å². The van der Waals surface area contributed by atoms with Gasteiger partial charge in [0.15, 0.2) is 11.5 Å². The first-order valence-corrected chi connectivity index (χ1v) is 10.3. The zero-order chi connectivity index (χ0) is 20.4. The lowest BCUT2D eigenvalue weighted by atomic mass is 9.83. The van der Waals surface area contributed by atoms with E-state index in [0.717, 1.165) is 42.6 Å². The Kier molecular flexibility index (Phi) is 5.28. The van der Waals surface area contributed by atoms with Crippen LogP contribution in [0.15, 0.2) is 42.6 Å². The number of amides is 1. The van der Waals surface area contributed by atoms with Gasteiger partial charge in [-0.15, -0.1) is 0 Å². The van der Waals surface area contributed by atoms with E-state index >= 15 is 0 Å². The first kappa shape index (κ1) is 19.5. The fraction of sp³-hybridized carbons (Fsp3) is 0.391. The number of aromatic hydroxyl groups is 1. The molecule has 4 rings (SSSR count). The number of carbonyl (C=O) groups excluding carboxylic acids is 1. The minimum atomic E-state index is -0.442. The number of fused-ring (bicyclic) bond motifs is 1. The van der Waals surface area contributed by atoms with Crippen LogP contribution in [0.2, 0.25) is 0 Å². The summed E-state index contributed by atoms with van der Waals surface area (Å²) in [6.07, 6.45) is 5.57. The van der Waals surface area contributed by atoms with E-state index in [9.17, 15) is 9.90 Å². The summed E-state index contributed by atoms with van der Waals surface area (Å²) >= 11 is 0. The molecule has 2 N–H and O–H groups in total. The van der Waals surface area contributed by atoms with Crippen LogP contribution in [-0.2, 0) is 0 Å². The van der Waals surface area contributed by atoms with Gasteiger partial charge in [0.1, 0.15) is 11.3 Å². The average molecular weight is 393 g/mol. The highest BCUT2D eigenvalue weighted by Crippen LogP contribution is 2.46. The second kappa shape index (κ2) is 7.87. The van der Waals surface area contributed by atoms with E-state index in [1.54, 1.807) is 23.2 Å². The van der Waals surface area contributed by atoms with E-state index < -0.39 is 5.60 Å². The van der Waals surface area contributed by atoms with Crippen LogP contribution >= 0.6 is 0 Å². The number of hydrogen-bond acceptors (Lipinski definition) is 5. The molecule has 152 valence electrons. The van der Waals surface area contributed by atoms with Crippen LogP contribution in [0.4, 0.5) is 0 Å². The average Bonchev–Trinajstić information content (AvgIpc) is 2.75. The van der Waals surface area contributed by atoms with E-state index in [1.807, 2.05) is 32.0 Å². The molecule has 2 aliphatic heterocycles. The molecule has 6 heteroatoms. The number of carbonyl (C=O) groups is 1. The van der Waals surface area contributed by atoms with Crippen molar-refractivity contribution in [2.24, 2.45) is 0 Å². The Hall–Kier alpha value is -2.86. The van der Waals surface area contributed by atoms with E-state index in [1.165, 1.54) is 0 Å². The molecular weight excluding hydrogens is 366 g/mol. The molecule has 0 aliphatic carbocycles. The number of hydrogen-bond donors (Lipinski definition) is 2. The van der Waals surface area contributed by atoms with Crippen LogP contribution < -0.4 is 10.1 Å². The van der Waals surface area contributed by atoms with Crippen molar-refractivity contribution in [2.75, 3.05) is 26.2 Å². The van der Waals surface area contributed by atoms with E-state index in [0.29, 0.717) is 24.5 Å². The van der Waals surface area contributed by atoms with Gasteiger partial charge in [-0.05, 0) is 50.7 Å². The number of phenolic OH excluding ortho intramolecular Hbond substituents is 1. The van der Waals surface area contributed by atoms with Gasteiger partial charge in [0.2, 0.25) is 0 Å². The molecule has 1 saturated heterocycles. The van der Waals surface area contributed by atoms with Crippen molar-refractivity contribution in [3.05, 3.63) is 59.4 Å². The zero-order valence-electron chi connectivity index (χ0n) is 16.9. The zero-order valence-corrected chi connectivity index (χ0v) is 16.9. The first-order chi connectivity index (χ1) is 14.1. The Labute approximate surface area is 171 Å². The number of pyridine rings is 1. The summed E-state index contributed by atoms with van der Waals surface area (Å²) in [5, 5.41) is 13.8. The third-order valence-electron chi connectivity index (χ3n) is 5.79. The number of piperidine rings is 1. The maximum Gasteiger partial charge on any atom is 0.272 e. The normalized spacial score (nSPS) is 17.2. The maximum absolute atomic E-state index is 12.6. The standard InChI is InChI=1S/C23H27N3O3/c1-3-26(4-2)22(28)19-9-8-16(15-25-19)18-14-23(10-12-24-13-11-23)29-21-17(18)6-5-7-20(21)27/h5-9,14-15,24,27H,3-4,10-13H2,1-2H3. The van der Waals surface area contributed by atoms with Gasteiger partial charge in [-0.25, -0.2) is 0 Å². The third-order valence-corrected chi connectivity index (χ3v) is 5.79. The van der Waals surface area contributed by atoms with Gasteiger partial charge < -0.3 is 20.1 Å². The third kappa shape index (κ3) is 3.60. The van der Waals surface area contributed by atoms with Crippen molar-refractivity contribution in [1.82, 2.24) is 15.2 Å². The maximum atomic E-state index is 12.6. The second-order valence-electron chi connectivity index (χ2n) is 7.54. The summed E-state index contributed by atoms with van der Waals surface area (Å²) in [5.74, 6) is 0.609. The lowest BCUT2D eigenvalue weighted by Gasteiger charge is -2.40. The van der Waals surface area contributed by atoms with Crippen molar-refractivity contribution < 1.29 is 14.6 Å². The Morgan fingerprint density at radius 1 is 1.21 bits per heavy atom. The highest BCUT2D eigenvalue weighted by atomic mass is 16.5. The molecule has 2 aliphatic rings. The predicted octanol–water partition coefficient (Wildman–Crippen LogP) is 3.22. The lowest BCUT2D eigenvalue weighted by Crippen LogP contribution is -2.46. The summed E-state index contributed by atoms with van der Waals surface area (Å²) in [6, 6.07) is 9.13. The Balaban J connectivity index is 1.74. The fourth-order valence-corrected chi connectivity index (χ4v) is 4.11. The number of aromatic nitrogens is 1. The van der Waals surface area contributed by atoms with Crippen LogP contribution in [0.25, 0.3) is 5.57 Å². The second-order valence-corrected chi connectivity index (χ2v) is 7.54. The molecular formula is C23H27N3O3. The highest BCUT2D eigenvalue weighted by molar-refractivity contribution is 5.93. The fourth-order valence-electron chi connectivity index (χ4n) is 4.11. The first-order valence-electron chi connectivity index (χ1n) is 10.3. The van der Waals surface area contributed by atoms with Crippen molar-refractivity contribution in [2.45, 2.75) is 32.3 Å². The van der Waals surface area contributed by atoms with Crippen molar-refractivity contribution in [3.8, 4) is 11.5 Å². The number of para-hydroxylation sites is 1. The summed E-state index contributed by atoms with van der Waals surface area (Å²) < 4.78 is 6.32. The predicted molar refractivity (Wildman–Crippen MR) is 112 cm³/mol. The van der Waals surface area contributed by atoms with Crippen LogP contribution in [-0.4, -0.2) is 52.7 Å². The molecule has 1 amide bonds. The molecule has 3 heterocycles. The van der Waals surface area contributed by atoms with Crippen LogP contribution in [0, 0.1) is 0 Å². The van der Waals surface area contributed by atoms with Crippen molar-refractivity contribution in [1.29, 1.82) is 0 Å². The monoisotopic (exact) mass is 393 g/mol. The van der Waals surface area contributed by atoms with Gasteiger partial charge in [0, 0.05) is 43.3 Å². The summed E-state index contributed by atoms with van der Waals surface area (Å²) in [5.41, 5.74) is 2.74. The van der Waals surface area contributed by atoms with Gasteiger partial charge in [0.25, 0.3) is 5.91 Å². The summed E-state index contributed by atoms with van der Waals surface area (Å²) in [6.45, 7) is 6.97. The Bertz CT molecular complexity index is 927. The number of rotatable bonds is 4. The Morgan fingerprint density at radius 3 is 2.62 bits per heavy atom. The molecule has 1 aromatic heterocycles. The number of benzene rings is 1. The SMILES string of the molecule is CCN(CC)C(=O)c1ccc(C2=CC3(CCNCC3)Oc3c(O)cccc32)cn1. The van der Waals surface area contributed by atoms with Gasteiger partial charge in [-0.1, -0.05) is 18.2 Å². The molecule has 0 saturated carbocycles. The molecule has 1 aromatic carbocycles. The Morgan fingerprint density at radius 2 is 1.97 bits per heavy atom. The minimum absolute atomic E-state index is 0.0598. The molecule has 0 bridgehead atoms. The molecule has 1 spiro atoms. The molecule has 2 aromatic rings. The van der Waals surface area contributed by atoms with Crippen molar-refractivity contribution in [3.63, 3.8) is 0 Å². The number of nitrogens with one attached hydrogen (secondary N) is 1. The minimum Gasteiger partial charge on any atom is -0.504 e. The quantitative estimate of drug-likeness (QED) is 0.834. The van der Waals surface area contributed by atoms with Crippen molar-refractivity contribution >= 4 is 11.5 Å². The van der Waals surface area contributed by atoms with Gasteiger partial charge in [-0.3, -0.25) is 9.78 Å². The lowest BCUT2D eigenvalue weighted by molar-refractivity contribution is 0.0765. The molecule has 0 unspecified atom stereocenters. The molecule has 1 fully saturated rings. The topological polar surface area (TPSA) is 74.7 Å². The molecule has 6 nitrogen and oxygen atoms in total. The van der Waals surface area contributed by atoms with Crippen LogP contribution in [0.3, 0.4) is 0 Å². The van der Waals surface area contributed by atoms with Gasteiger partial charge in [-0.2, -0.15) is 0 Å². The number of ether oxygens (including phenoxy) is 1. The largest absolute Gasteiger partial charge is 0.504 e. The highest BCUT2D eigenvalue weighted by Gasteiger charge is 2.38. The molecule has 0 atom stereocenters. The van der Waals surface area contributed by atoms with E-state index in [-0.39, 0.29) is 11.7 Å². The van der Waals surface area contributed by atoms with Crippen LogP contribution in [0.5, 0.6) is 11.5 Å². The van der Waals surface area contributed by atoms with Crippen LogP contribution in [0.1, 0.15) is 48.3 Å². The summed E-state index contributed by atoms with van der Waals surface area (Å²) in [7, 11) is 0. The summed E-state index contributed by atoms with van der Waals surface area (Å²) in [4.78, 5) is 18.8. The van der Waals surface area contributed by atoms with Gasteiger partial charge >= 0.3 is 0 Å². The van der Waals surface area contributed by atoms with Gasteiger partial charge in [0.05, 0.1) is 0 Å². The smallest absolute Gasteiger partial charge is 0.272 e. The number of nitrogens with zero attached hydrogens (tertiary/aromatic N) is 2. The van der Waals surface area contributed by atoms with E-state index in [2.05, 4.69) is 16.4 Å².